The van der Waals surface area contributed by atoms with Crippen LogP contribution in [0.5, 0.6) is 0 Å². The molecule has 0 fully saturated rings. The molecule has 0 spiro atoms. The molecule has 0 amide bonds. The third kappa shape index (κ3) is 1.99. The summed E-state index contributed by atoms with van der Waals surface area (Å²) in [4.78, 5) is 8.78. The molecule has 0 aliphatic rings. The first-order chi connectivity index (χ1) is 5.17. The van der Waals surface area contributed by atoms with Crippen molar-refractivity contribution >= 4 is 11.3 Å². The molecule has 11 heavy (non-hydrogen) atoms. The first-order valence-corrected chi connectivity index (χ1v) is 4.31. The Bertz CT molecular complexity index is 208. The van der Waals surface area contributed by atoms with Gasteiger partial charge >= 0.3 is 0 Å². The highest BCUT2D eigenvalue weighted by Gasteiger charge is 2.22. The van der Waals surface area contributed by atoms with Gasteiger partial charge in [0.05, 0.1) is 17.8 Å². The van der Waals surface area contributed by atoms with Crippen molar-refractivity contribution in [3.05, 3.63) is 16.6 Å². The Morgan fingerprint density at radius 1 is 1.73 bits per heavy atom. The van der Waals surface area contributed by atoms with Crippen molar-refractivity contribution in [2.45, 2.75) is 19.3 Å². The van der Waals surface area contributed by atoms with Gasteiger partial charge in [-0.25, -0.2) is 10.9 Å². The third-order valence-corrected chi connectivity index (χ3v) is 2.16. The van der Waals surface area contributed by atoms with Crippen molar-refractivity contribution in [3.63, 3.8) is 0 Å². The quantitative estimate of drug-likeness (QED) is 0.699. The smallest absolute Gasteiger partial charge is 0.0794 e. The lowest BCUT2D eigenvalue weighted by Gasteiger charge is -2.19. The standard InChI is InChI=1S/C7H12N2OS/c1-7(2,4-10-8)6-3-11-5-9-6/h3,5H,4,8H2,1-2H3. The topological polar surface area (TPSA) is 48.1 Å². The Morgan fingerprint density at radius 3 is 2.91 bits per heavy atom. The molecule has 1 aromatic heterocycles. The fourth-order valence-electron chi connectivity index (χ4n) is 0.829. The van der Waals surface area contributed by atoms with Crippen LogP contribution in [0.2, 0.25) is 0 Å². The maximum absolute atomic E-state index is 5.00. The van der Waals surface area contributed by atoms with E-state index in [1.54, 1.807) is 11.3 Å². The average Bonchev–Trinajstić information content (AvgIpc) is 2.37. The molecule has 4 heteroatoms. The van der Waals surface area contributed by atoms with Gasteiger partial charge in [0.15, 0.2) is 0 Å². The van der Waals surface area contributed by atoms with E-state index in [1.807, 2.05) is 10.9 Å². The van der Waals surface area contributed by atoms with Crippen molar-refractivity contribution in [3.8, 4) is 0 Å². The van der Waals surface area contributed by atoms with Gasteiger partial charge in [-0.05, 0) is 0 Å². The SMILES string of the molecule is CC(C)(CON)c1cscn1. The van der Waals surface area contributed by atoms with Gasteiger partial charge in [-0.15, -0.1) is 11.3 Å². The molecule has 0 bridgehead atoms. The molecule has 0 aliphatic carbocycles. The third-order valence-electron chi connectivity index (χ3n) is 1.57. The number of thiazole rings is 1. The summed E-state index contributed by atoms with van der Waals surface area (Å²) in [6.45, 7) is 4.60. The number of nitrogens with zero attached hydrogens (tertiary/aromatic N) is 1. The Labute approximate surface area is 70.2 Å². The molecular weight excluding hydrogens is 160 g/mol. The van der Waals surface area contributed by atoms with E-state index in [1.165, 1.54) is 0 Å². The van der Waals surface area contributed by atoms with Gasteiger partial charge in [0.1, 0.15) is 0 Å². The van der Waals surface area contributed by atoms with Crippen LogP contribution in [-0.2, 0) is 10.3 Å². The summed E-state index contributed by atoms with van der Waals surface area (Å²) in [7, 11) is 0. The largest absolute Gasteiger partial charge is 0.304 e. The molecule has 1 aromatic rings. The normalized spacial score (nSPS) is 11.9. The first-order valence-electron chi connectivity index (χ1n) is 3.37. The zero-order valence-corrected chi connectivity index (χ0v) is 7.52. The highest BCUT2D eigenvalue weighted by Crippen LogP contribution is 2.22. The lowest BCUT2D eigenvalue weighted by atomic mass is 9.91. The molecule has 0 unspecified atom stereocenters. The van der Waals surface area contributed by atoms with Gasteiger partial charge in [0, 0.05) is 10.8 Å². The second-order valence-corrected chi connectivity index (χ2v) is 3.79. The summed E-state index contributed by atoms with van der Waals surface area (Å²) in [6.07, 6.45) is 0. The summed E-state index contributed by atoms with van der Waals surface area (Å²) in [5, 5.41) is 2.01. The van der Waals surface area contributed by atoms with Gasteiger partial charge in [-0.3, -0.25) is 0 Å². The van der Waals surface area contributed by atoms with E-state index >= 15 is 0 Å². The van der Waals surface area contributed by atoms with E-state index in [0.717, 1.165) is 5.69 Å². The summed E-state index contributed by atoms with van der Waals surface area (Å²) in [6, 6.07) is 0. The second kappa shape index (κ2) is 3.30. The van der Waals surface area contributed by atoms with E-state index < -0.39 is 0 Å². The molecule has 1 heterocycles. The number of aromatic nitrogens is 1. The Balaban J connectivity index is 2.73. The summed E-state index contributed by atoms with van der Waals surface area (Å²) < 4.78 is 0. The van der Waals surface area contributed by atoms with E-state index in [2.05, 4.69) is 23.7 Å². The molecule has 62 valence electrons. The summed E-state index contributed by atoms with van der Waals surface area (Å²) in [5.41, 5.74) is 2.77. The Morgan fingerprint density at radius 2 is 2.45 bits per heavy atom. The minimum absolute atomic E-state index is 0.0747. The maximum Gasteiger partial charge on any atom is 0.0794 e. The first kappa shape index (κ1) is 8.64. The van der Waals surface area contributed by atoms with Gasteiger partial charge < -0.3 is 4.84 Å². The van der Waals surface area contributed by atoms with Crippen LogP contribution in [0.4, 0.5) is 0 Å². The van der Waals surface area contributed by atoms with Crippen molar-refractivity contribution in [2.24, 2.45) is 5.90 Å². The van der Waals surface area contributed by atoms with Crippen LogP contribution in [0.15, 0.2) is 10.9 Å². The highest BCUT2D eigenvalue weighted by molar-refractivity contribution is 7.07. The van der Waals surface area contributed by atoms with E-state index in [9.17, 15) is 0 Å². The molecule has 0 radical (unpaired) electrons. The molecule has 0 aliphatic heterocycles. The van der Waals surface area contributed by atoms with Crippen LogP contribution in [0, 0.1) is 0 Å². The van der Waals surface area contributed by atoms with Crippen LogP contribution in [0.3, 0.4) is 0 Å². The van der Waals surface area contributed by atoms with E-state index in [0.29, 0.717) is 6.61 Å². The average molecular weight is 172 g/mol. The molecule has 0 saturated carbocycles. The number of rotatable bonds is 3. The lowest BCUT2D eigenvalue weighted by molar-refractivity contribution is 0.0951. The molecule has 0 aromatic carbocycles. The van der Waals surface area contributed by atoms with Crippen LogP contribution in [0.1, 0.15) is 19.5 Å². The zero-order chi connectivity index (χ0) is 8.32. The van der Waals surface area contributed by atoms with E-state index in [4.69, 9.17) is 5.90 Å². The van der Waals surface area contributed by atoms with Crippen LogP contribution < -0.4 is 5.90 Å². The molecule has 0 atom stereocenters. The Kier molecular flexibility index (Phi) is 2.59. The van der Waals surface area contributed by atoms with Gasteiger partial charge in [-0.2, -0.15) is 0 Å². The second-order valence-electron chi connectivity index (χ2n) is 3.07. The number of hydrogen-bond acceptors (Lipinski definition) is 4. The zero-order valence-electron chi connectivity index (χ0n) is 6.70. The number of nitrogens with two attached hydrogens (primary N) is 1. The number of hydrogen-bond donors (Lipinski definition) is 1. The predicted molar refractivity (Wildman–Crippen MR) is 45.3 cm³/mol. The molecule has 3 nitrogen and oxygen atoms in total. The van der Waals surface area contributed by atoms with Gasteiger partial charge in [0.2, 0.25) is 0 Å². The van der Waals surface area contributed by atoms with Crippen molar-refractivity contribution < 1.29 is 4.84 Å². The van der Waals surface area contributed by atoms with Gasteiger partial charge in [0.25, 0.3) is 0 Å². The lowest BCUT2D eigenvalue weighted by Crippen LogP contribution is -2.26. The van der Waals surface area contributed by atoms with Crippen molar-refractivity contribution in [1.82, 2.24) is 4.98 Å². The fourth-order valence-corrected chi connectivity index (χ4v) is 1.57. The summed E-state index contributed by atoms with van der Waals surface area (Å²) in [5.74, 6) is 5.00. The maximum atomic E-state index is 5.00. The molecule has 2 N–H and O–H groups in total. The summed E-state index contributed by atoms with van der Waals surface area (Å²) >= 11 is 1.58. The van der Waals surface area contributed by atoms with Crippen LogP contribution in [0.25, 0.3) is 0 Å². The minimum atomic E-state index is -0.0747. The van der Waals surface area contributed by atoms with Crippen molar-refractivity contribution in [1.29, 1.82) is 0 Å². The fraction of sp³-hybridized carbons (Fsp3) is 0.571. The molecule has 1 rings (SSSR count). The highest BCUT2D eigenvalue weighted by atomic mass is 32.1. The monoisotopic (exact) mass is 172 g/mol. The molecule has 0 saturated heterocycles. The molecular formula is C7H12N2OS. The predicted octanol–water partition coefficient (Wildman–Crippen LogP) is 1.31. The van der Waals surface area contributed by atoms with Gasteiger partial charge in [-0.1, -0.05) is 13.8 Å². The van der Waals surface area contributed by atoms with Crippen LogP contribution >= 0.6 is 11.3 Å². The van der Waals surface area contributed by atoms with Crippen LogP contribution in [-0.4, -0.2) is 11.6 Å². The van der Waals surface area contributed by atoms with Crippen molar-refractivity contribution in [2.75, 3.05) is 6.61 Å². The minimum Gasteiger partial charge on any atom is -0.304 e. The Hall–Kier alpha value is -0.450. The van der Waals surface area contributed by atoms with E-state index in [-0.39, 0.29) is 5.41 Å².